The Bertz CT molecular complexity index is 2390. The summed E-state index contributed by atoms with van der Waals surface area (Å²) in [5.41, 5.74) is 7.63. The molecule has 0 saturated heterocycles. The molecular formula is C51H56F3NO8S3. The first-order valence-electron chi connectivity index (χ1n) is 21.8. The molecular weight excluding hydrogens is 908 g/mol. The second kappa shape index (κ2) is 23.8. The fourth-order valence-corrected chi connectivity index (χ4v) is 9.02. The molecule has 9 nitrogen and oxygen atoms in total. The van der Waals surface area contributed by atoms with Gasteiger partial charge in [-0.25, -0.2) is 4.79 Å². The van der Waals surface area contributed by atoms with Crippen LogP contribution in [-0.2, 0) is 17.9 Å². The minimum Gasteiger partial charge on any atom is -0.494 e. The average Bonchev–Trinajstić information content (AvgIpc) is 3.29. The Balaban J connectivity index is 1.20. The normalized spacial score (nSPS) is 14.2. The molecule has 66 heavy (non-hydrogen) atoms. The Morgan fingerprint density at radius 3 is 1.73 bits per heavy atom. The highest BCUT2D eigenvalue weighted by atomic mass is 32.2. The zero-order valence-corrected chi connectivity index (χ0v) is 40.5. The number of hydrogen-bond acceptors (Lipinski definition) is 12. The van der Waals surface area contributed by atoms with Gasteiger partial charge in [0.15, 0.2) is 6.10 Å². The SMILES string of the molecule is COC(=O)c1cc(C)c(OC(=O)C2c3cc(OCCCSOC(C)c4ccc(C)cc4)ccc3N(CCCS)c3ccc(OCCCSOC(c4ccc(C)cc4)C(F)(F)F)cc32)c(C)c1. The number of fused-ring (bicyclic) bond motifs is 2. The fraction of sp³-hybridized carbons (Fsp3) is 0.373. The second-order valence-corrected chi connectivity index (χ2v) is 18.2. The molecule has 3 unspecified atom stereocenters. The molecule has 0 fully saturated rings. The summed E-state index contributed by atoms with van der Waals surface area (Å²) in [4.78, 5) is 29.3. The van der Waals surface area contributed by atoms with Crippen LogP contribution in [-0.4, -0.2) is 62.2 Å². The third-order valence-corrected chi connectivity index (χ3v) is 12.9. The lowest BCUT2D eigenvalue weighted by Crippen LogP contribution is -2.31. The molecule has 3 atom stereocenters. The maximum absolute atomic E-state index is 14.8. The number of anilines is 2. The number of rotatable bonds is 22. The van der Waals surface area contributed by atoms with E-state index in [0.717, 1.165) is 41.0 Å². The molecule has 1 aliphatic heterocycles. The van der Waals surface area contributed by atoms with E-state index in [1.807, 2.05) is 50.2 Å². The number of methoxy groups -OCH3 is 1. The number of alkyl halides is 3. The van der Waals surface area contributed by atoms with Crippen molar-refractivity contribution in [3.8, 4) is 17.2 Å². The van der Waals surface area contributed by atoms with E-state index >= 15 is 0 Å². The standard InChI is InChI=1S/C51H56F3NO8S3/c1-32-10-14-37(15-11-32)36(5)62-65-26-8-23-59-40-18-20-44-42(30-40)46(50(57)61-47-34(3)28-39(29-35(47)4)49(56)58-6)43-31-41(19-21-45(43)55(44)22-7-25-64)60-24-9-27-66-63-48(51(52,53)54)38-16-12-33(2)13-17-38/h10-21,28-31,36,46,48,64H,7-9,22-27H2,1-6H3. The topological polar surface area (TPSA) is 92.8 Å². The number of carbonyl (C=O) groups is 2. The molecule has 5 aromatic rings. The zero-order valence-electron chi connectivity index (χ0n) is 37.9. The Morgan fingerprint density at radius 2 is 1.23 bits per heavy atom. The van der Waals surface area contributed by atoms with Gasteiger partial charge < -0.3 is 28.0 Å². The molecule has 352 valence electrons. The third-order valence-electron chi connectivity index (χ3n) is 10.9. The van der Waals surface area contributed by atoms with E-state index in [4.69, 9.17) is 27.3 Å². The highest BCUT2D eigenvalue weighted by Gasteiger charge is 2.42. The molecule has 0 N–H and O–H groups in total. The Kier molecular flexibility index (Phi) is 18.2. The van der Waals surface area contributed by atoms with Gasteiger partial charge in [-0.3, -0.25) is 8.98 Å². The van der Waals surface area contributed by atoms with Gasteiger partial charge in [-0.2, -0.15) is 25.8 Å². The van der Waals surface area contributed by atoms with Crippen molar-refractivity contribution in [2.24, 2.45) is 0 Å². The minimum atomic E-state index is -4.58. The van der Waals surface area contributed by atoms with Gasteiger partial charge in [-0.1, -0.05) is 59.7 Å². The highest BCUT2D eigenvalue weighted by molar-refractivity contribution is 7.94. The van der Waals surface area contributed by atoms with Crippen molar-refractivity contribution in [3.05, 3.63) is 147 Å². The number of benzene rings is 5. The van der Waals surface area contributed by atoms with Gasteiger partial charge in [0.05, 0.1) is 32.0 Å². The van der Waals surface area contributed by atoms with E-state index in [-0.39, 0.29) is 24.0 Å². The lowest BCUT2D eigenvalue weighted by Gasteiger charge is -2.37. The summed E-state index contributed by atoms with van der Waals surface area (Å²) in [6.45, 7) is 10.6. The van der Waals surface area contributed by atoms with Crippen molar-refractivity contribution in [2.75, 3.05) is 49.0 Å². The van der Waals surface area contributed by atoms with E-state index in [0.29, 0.717) is 82.6 Å². The lowest BCUT2D eigenvalue weighted by molar-refractivity contribution is -0.194. The fourth-order valence-electron chi connectivity index (χ4n) is 7.54. The molecule has 5 aromatic carbocycles. The number of carbonyl (C=O) groups excluding carboxylic acids is 2. The number of nitrogens with zero attached hydrogens (tertiary/aromatic N) is 1. The molecule has 0 spiro atoms. The van der Waals surface area contributed by atoms with Gasteiger partial charge in [0.1, 0.15) is 23.2 Å². The summed E-state index contributed by atoms with van der Waals surface area (Å²) >= 11 is 6.65. The second-order valence-electron chi connectivity index (χ2n) is 16.1. The van der Waals surface area contributed by atoms with E-state index in [1.54, 1.807) is 38.1 Å². The zero-order chi connectivity index (χ0) is 47.4. The number of hydrogen-bond donors (Lipinski definition) is 1. The van der Waals surface area contributed by atoms with Crippen LogP contribution < -0.4 is 19.1 Å². The number of ether oxygens (including phenoxy) is 4. The van der Waals surface area contributed by atoms with Crippen LogP contribution in [0, 0.1) is 27.7 Å². The molecule has 1 aliphatic rings. The molecule has 0 amide bonds. The van der Waals surface area contributed by atoms with Crippen molar-refractivity contribution in [3.63, 3.8) is 0 Å². The Labute approximate surface area is 399 Å². The smallest absolute Gasteiger partial charge is 0.420 e. The summed E-state index contributed by atoms with van der Waals surface area (Å²) in [5, 5.41) is 0. The van der Waals surface area contributed by atoms with Crippen LogP contribution in [0.15, 0.2) is 97.1 Å². The van der Waals surface area contributed by atoms with Crippen molar-refractivity contribution in [1.82, 2.24) is 0 Å². The molecule has 0 aromatic heterocycles. The van der Waals surface area contributed by atoms with Gasteiger partial charge >= 0.3 is 18.1 Å². The monoisotopic (exact) mass is 963 g/mol. The van der Waals surface area contributed by atoms with E-state index in [1.165, 1.54) is 36.8 Å². The van der Waals surface area contributed by atoms with Crippen LogP contribution >= 0.6 is 36.7 Å². The first-order chi connectivity index (χ1) is 31.7. The molecule has 0 aliphatic carbocycles. The maximum atomic E-state index is 14.8. The largest absolute Gasteiger partial charge is 0.494 e. The molecule has 0 saturated carbocycles. The Morgan fingerprint density at radius 1 is 0.712 bits per heavy atom. The first-order valence-corrected chi connectivity index (χ1v) is 24.2. The van der Waals surface area contributed by atoms with Crippen molar-refractivity contribution < 1.29 is 50.1 Å². The molecule has 1 heterocycles. The molecule has 15 heteroatoms. The van der Waals surface area contributed by atoms with Crippen LogP contribution in [0.4, 0.5) is 24.5 Å². The van der Waals surface area contributed by atoms with E-state index in [9.17, 15) is 22.8 Å². The summed E-state index contributed by atoms with van der Waals surface area (Å²) in [6.07, 6.45) is -4.85. The van der Waals surface area contributed by atoms with Crippen molar-refractivity contribution in [1.29, 1.82) is 0 Å². The van der Waals surface area contributed by atoms with Crippen LogP contribution in [0.3, 0.4) is 0 Å². The van der Waals surface area contributed by atoms with Gasteiger partial charge in [0.2, 0.25) is 0 Å². The molecule has 6 rings (SSSR count). The van der Waals surface area contributed by atoms with Crippen molar-refractivity contribution in [2.45, 2.75) is 78.2 Å². The molecule has 0 radical (unpaired) electrons. The van der Waals surface area contributed by atoms with Crippen LogP contribution in [0.5, 0.6) is 17.2 Å². The first kappa shape index (κ1) is 50.6. The summed E-state index contributed by atoms with van der Waals surface area (Å²) in [7, 11) is 1.31. The lowest BCUT2D eigenvalue weighted by atomic mass is 9.84. The van der Waals surface area contributed by atoms with Crippen LogP contribution in [0.2, 0.25) is 0 Å². The van der Waals surface area contributed by atoms with E-state index < -0.39 is 30.1 Å². The molecule has 0 bridgehead atoms. The summed E-state index contributed by atoms with van der Waals surface area (Å²) in [5.74, 6) is 1.01. The third kappa shape index (κ3) is 13.2. The van der Waals surface area contributed by atoms with E-state index in [2.05, 4.69) is 48.7 Å². The minimum absolute atomic E-state index is 0.0373. The average molecular weight is 964 g/mol. The number of halogens is 3. The van der Waals surface area contributed by atoms with Gasteiger partial charge in [-0.15, -0.1) is 0 Å². The van der Waals surface area contributed by atoms with Gasteiger partial charge in [0.25, 0.3) is 0 Å². The number of thiol groups is 1. The Hall–Kier alpha value is -4.80. The predicted octanol–water partition coefficient (Wildman–Crippen LogP) is 13.1. The quantitative estimate of drug-likeness (QED) is 0.0236. The van der Waals surface area contributed by atoms with Crippen LogP contribution in [0.25, 0.3) is 0 Å². The highest BCUT2D eigenvalue weighted by Crippen LogP contribution is 2.49. The number of esters is 2. The van der Waals surface area contributed by atoms with Crippen LogP contribution in [0.1, 0.15) is 99.2 Å². The van der Waals surface area contributed by atoms with Crippen molar-refractivity contribution >= 4 is 60.0 Å². The van der Waals surface area contributed by atoms with Gasteiger partial charge in [0, 0.05) is 29.4 Å². The van der Waals surface area contributed by atoms with Gasteiger partial charge in [-0.05, 0) is 166 Å². The summed E-state index contributed by atoms with van der Waals surface area (Å²) < 4.78 is 76.7. The maximum Gasteiger partial charge on any atom is 0.420 e. The predicted molar refractivity (Wildman–Crippen MR) is 260 cm³/mol. The number of aryl methyl sites for hydroxylation is 4. The summed E-state index contributed by atoms with van der Waals surface area (Å²) in [6, 6.07) is 29.0.